The number of aliphatic carboxylic acids is 1. The molecule has 2 aromatic carbocycles. The Kier molecular flexibility index (Phi) is 7.30. The molecule has 34 heavy (non-hydrogen) atoms. The van der Waals surface area contributed by atoms with Crippen LogP contribution < -0.4 is 10.2 Å². The molecule has 0 aliphatic carbocycles. The minimum absolute atomic E-state index is 0.0704. The number of carbonyl (C=O) groups is 5. The van der Waals surface area contributed by atoms with E-state index in [-0.39, 0.29) is 35.2 Å². The van der Waals surface area contributed by atoms with E-state index in [2.05, 4.69) is 5.32 Å². The normalized spacial score (nSPS) is 13.4. The van der Waals surface area contributed by atoms with Crippen LogP contribution in [0.2, 0.25) is 0 Å². The molecule has 0 radical (unpaired) electrons. The quantitative estimate of drug-likeness (QED) is 0.453. The van der Waals surface area contributed by atoms with E-state index in [0.29, 0.717) is 23.7 Å². The molecule has 1 aliphatic rings. The highest BCUT2D eigenvalue weighted by Gasteiger charge is 2.42. The Hall–Kier alpha value is -4.21. The molecule has 2 aromatic rings. The average molecular weight is 467 g/mol. The first-order chi connectivity index (χ1) is 16.2. The Balaban J connectivity index is 1.74. The van der Waals surface area contributed by atoms with Gasteiger partial charge in [0.05, 0.1) is 22.4 Å². The molecule has 3 rings (SSSR count). The summed E-state index contributed by atoms with van der Waals surface area (Å²) in [7, 11) is 0. The average Bonchev–Trinajstić information content (AvgIpc) is 3.06. The number of fused-ring (bicyclic) bond motifs is 1. The van der Waals surface area contributed by atoms with Gasteiger partial charge in [-0.05, 0) is 50.6 Å². The van der Waals surface area contributed by atoms with Gasteiger partial charge in [0.15, 0.2) is 0 Å². The van der Waals surface area contributed by atoms with Gasteiger partial charge in [0.2, 0.25) is 5.91 Å². The van der Waals surface area contributed by atoms with E-state index in [1.807, 2.05) is 18.7 Å². The second-order valence-corrected chi connectivity index (χ2v) is 7.67. The molecule has 178 valence electrons. The van der Waals surface area contributed by atoms with E-state index < -0.39 is 35.7 Å². The van der Waals surface area contributed by atoms with Gasteiger partial charge in [-0.2, -0.15) is 0 Å². The van der Waals surface area contributed by atoms with Crippen LogP contribution in [0.15, 0.2) is 42.5 Å². The lowest BCUT2D eigenvalue weighted by Crippen LogP contribution is -2.45. The van der Waals surface area contributed by atoms with Crippen LogP contribution in [-0.4, -0.2) is 63.9 Å². The van der Waals surface area contributed by atoms with Crippen molar-refractivity contribution in [3.63, 3.8) is 0 Å². The maximum atomic E-state index is 12.6. The fourth-order valence-corrected chi connectivity index (χ4v) is 3.94. The Morgan fingerprint density at radius 1 is 0.971 bits per heavy atom. The third kappa shape index (κ3) is 4.75. The lowest BCUT2D eigenvalue weighted by molar-refractivity contribution is -0.141. The molecule has 0 saturated carbocycles. The fraction of sp³-hybridized carbons (Fsp3) is 0.292. The van der Waals surface area contributed by atoms with Gasteiger partial charge in [-0.15, -0.1) is 0 Å². The van der Waals surface area contributed by atoms with Crippen molar-refractivity contribution in [3.8, 4) is 0 Å². The number of rotatable bonds is 10. The molecule has 3 amide bonds. The highest BCUT2D eigenvalue weighted by atomic mass is 16.4. The van der Waals surface area contributed by atoms with Crippen LogP contribution in [0.1, 0.15) is 57.8 Å². The SMILES string of the molecule is CCN(CC)c1ccc(NC(=O)CC[C@@H](C(=O)O)N2C(=O)c3ccccc3C2=O)c(C(=O)O)c1. The number of hydrogen-bond acceptors (Lipinski definition) is 6. The highest BCUT2D eigenvalue weighted by Crippen LogP contribution is 2.27. The molecule has 0 unspecified atom stereocenters. The summed E-state index contributed by atoms with van der Waals surface area (Å²) in [6, 6.07) is 9.12. The largest absolute Gasteiger partial charge is 0.480 e. The monoisotopic (exact) mass is 467 g/mol. The van der Waals surface area contributed by atoms with Crippen LogP contribution in [0.25, 0.3) is 0 Å². The van der Waals surface area contributed by atoms with Gasteiger partial charge < -0.3 is 20.4 Å². The molecule has 0 aromatic heterocycles. The summed E-state index contributed by atoms with van der Waals surface area (Å²) in [5.41, 5.74) is 0.885. The molecule has 0 saturated heterocycles. The molecule has 1 atom stereocenters. The zero-order chi connectivity index (χ0) is 25.0. The number of carboxylic acids is 2. The molecule has 0 fully saturated rings. The van der Waals surface area contributed by atoms with Gasteiger partial charge in [0.25, 0.3) is 11.8 Å². The lowest BCUT2D eigenvalue weighted by Gasteiger charge is -2.23. The molecule has 10 heteroatoms. The number of benzene rings is 2. The first kappa shape index (κ1) is 24.4. The van der Waals surface area contributed by atoms with Crippen molar-refractivity contribution in [1.29, 1.82) is 0 Å². The van der Waals surface area contributed by atoms with Crippen molar-refractivity contribution >= 4 is 41.0 Å². The van der Waals surface area contributed by atoms with Gasteiger partial charge in [0.1, 0.15) is 6.04 Å². The van der Waals surface area contributed by atoms with Crippen LogP contribution in [0.4, 0.5) is 11.4 Å². The number of imide groups is 1. The number of anilines is 2. The first-order valence-corrected chi connectivity index (χ1v) is 10.8. The van der Waals surface area contributed by atoms with Crippen LogP contribution in [0.5, 0.6) is 0 Å². The number of amides is 3. The van der Waals surface area contributed by atoms with Gasteiger partial charge in [-0.1, -0.05) is 12.1 Å². The second kappa shape index (κ2) is 10.2. The first-order valence-electron chi connectivity index (χ1n) is 10.8. The predicted molar refractivity (Wildman–Crippen MR) is 123 cm³/mol. The summed E-state index contributed by atoms with van der Waals surface area (Å²) in [6.07, 6.45) is -0.673. The van der Waals surface area contributed by atoms with Crippen molar-refractivity contribution in [2.75, 3.05) is 23.3 Å². The van der Waals surface area contributed by atoms with Crippen molar-refractivity contribution in [3.05, 3.63) is 59.2 Å². The van der Waals surface area contributed by atoms with Crippen molar-refractivity contribution in [1.82, 2.24) is 4.90 Å². The highest BCUT2D eigenvalue weighted by molar-refractivity contribution is 6.22. The van der Waals surface area contributed by atoms with Gasteiger partial charge >= 0.3 is 11.9 Å². The molecule has 0 spiro atoms. The maximum absolute atomic E-state index is 12.6. The number of carbonyl (C=O) groups excluding carboxylic acids is 3. The number of carboxylic acid groups (broad SMARTS) is 2. The van der Waals surface area contributed by atoms with Crippen molar-refractivity contribution < 1.29 is 34.2 Å². The van der Waals surface area contributed by atoms with Gasteiger partial charge in [0, 0.05) is 25.2 Å². The number of hydrogen-bond donors (Lipinski definition) is 3. The topological polar surface area (TPSA) is 144 Å². The van der Waals surface area contributed by atoms with E-state index in [9.17, 15) is 34.2 Å². The molecule has 10 nitrogen and oxygen atoms in total. The number of nitrogens with one attached hydrogen (secondary N) is 1. The van der Waals surface area contributed by atoms with Crippen LogP contribution in [0.3, 0.4) is 0 Å². The third-order valence-corrected chi connectivity index (χ3v) is 5.70. The summed E-state index contributed by atoms with van der Waals surface area (Å²) < 4.78 is 0. The summed E-state index contributed by atoms with van der Waals surface area (Å²) in [4.78, 5) is 64.0. The Morgan fingerprint density at radius 3 is 2.06 bits per heavy atom. The number of aromatic carboxylic acids is 1. The lowest BCUT2D eigenvalue weighted by atomic mass is 10.1. The van der Waals surface area contributed by atoms with Gasteiger partial charge in [-0.3, -0.25) is 19.3 Å². The van der Waals surface area contributed by atoms with E-state index >= 15 is 0 Å². The Labute approximate surface area is 195 Å². The van der Waals surface area contributed by atoms with Crippen molar-refractivity contribution in [2.24, 2.45) is 0 Å². The molecule has 1 aliphatic heterocycles. The van der Waals surface area contributed by atoms with E-state index in [1.54, 1.807) is 18.2 Å². The summed E-state index contributed by atoms with van der Waals surface area (Å²) in [6.45, 7) is 5.23. The van der Waals surface area contributed by atoms with Crippen LogP contribution >= 0.6 is 0 Å². The smallest absolute Gasteiger partial charge is 0.337 e. The summed E-state index contributed by atoms with van der Waals surface area (Å²) in [5.74, 6) is -4.74. The van der Waals surface area contributed by atoms with E-state index in [1.165, 1.54) is 24.3 Å². The standard InChI is InChI=1S/C24H25N3O7/c1-3-26(4-2)14-9-10-18(17(13-14)23(31)32)25-20(28)12-11-19(24(33)34)27-21(29)15-7-5-6-8-16(15)22(27)30/h5-10,13,19H,3-4,11-12H2,1-2H3,(H,25,28)(H,31,32)(H,33,34)/t19-/m0/s1. The summed E-state index contributed by atoms with van der Waals surface area (Å²) >= 11 is 0. The third-order valence-electron chi connectivity index (χ3n) is 5.70. The zero-order valence-electron chi connectivity index (χ0n) is 18.8. The molecule has 0 bridgehead atoms. The Bertz CT molecular complexity index is 1120. The molecular weight excluding hydrogens is 442 g/mol. The van der Waals surface area contributed by atoms with Crippen molar-refractivity contribution in [2.45, 2.75) is 32.7 Å². The molecular formula is C24H25N3O7. The minimum atomic E-state index is -1.54. The Morgan fingerprint density at radius 2 is 1.56 bits per heavy atom. The number of nitrogens with zero attached hydrogens (tertiary/aromatic N) is 2. The summed E-state index contributed by atoms with van der Waals surface area (Å²) in [5, 5.41) is 21.7. The predicted octanol–water partition coefficient (Wildman–Crippen LogP) is 2.70. The van der Waals surface area contributed by atoms with Crippen LogP contribution in [0, 0.1) is 0 Å². The molecule has 3 N–H and O–H groups in total. The minimum Gasteiger partial charge on any atom is -0.480 e. The van der Waals surface area contributed by atoms with E-state index in [0.717, 1.165) is 0 Å². The van der Waals surface area contributed by atoms with Gasteiger partial charge in [-0.25, -0.2) is 9.59 Å². The fourth-order valence-electron chi connectivity index (χ4n) is 3.94. The maximum Gasteiger partial charge on any atom is 0.337 e. The zero-order valence-corrected chi connectivity index (χ0v) is 18.8. The van der Waals surface area contributed by atoms with Crippen LogP contribution in [-0.2, 0) is 9.59 Å². The van der Waals surface area contributed by atoms with E-state index in [4.69, 9.17) is 0 Å². The second-order valence-electron chi connectivity index (χ2n) is 7.67. The molecule has 1 heterocycles.